The highest BCUT2D eigenvalue weighted by Crippen LogP contribution is 2.33. The highest BCUT2D eigenvalue weighted by molar-refractivity contribution is 6.08. The molecule has 9 heteroatoms. The van der Waals surface area contributed by atoms with Crippen LogP contribution in [0.25, 0.3) is 11.0 Å². The summed E-state index contributed by atoms with van der Waals surface area (Å²) in [5.74, 6) is -0.965. The van der Waals surface area contributed by atoms with Crippen molar-refractivity contribution in [3.05, 3.63) is 89.5 Å². The molecule has 1 aliphatic rings. The SMILES string of the molecule is CC(=O)c1ccccc1N(C(=O)Cn1nnc2ccccc21)[C@@H](C(=O)NC[C@@H]1CCCO1)c1ccccc1C. The van der Waals surface area contributed by atoms with E-state index in [0.29, 0.717) is 41.0 Å². The first-order valence-corrected chi connectivity index (χ1v) is 13.1. The number of ether oxygens (including phenoxy) is 1. The fourth-order valence-electron chi connectivity index (χ4n) is 5.04. The molecule has 1 aliphatic heterocycles. The Hall–Kier alpha value is -4.37. The Bertz CT molecular complexity index is 1510. The van der Waals surface area contributed by atoms with E-state index in [1.165, 1.54) is 16.5 Å². The van der Waals surface area contributed by atoms with Crippen molar-refractivity contribution in [1.82, 2.24) is 20.3 Å². The van der Waals surface area contributed by atoms with Crippen LogP contribution in [-0.2, 0) is 20.9 Å². The maximum atomic E-state index is 14.2. The summed E-state index contributed by atoms with van der Waals surface area (Å²) >= 11 is 0. The molecule has 0 unspecified atom stereocenters. The summed E-state index contributed by atoms with van der Waals surface area (Å²) in [7, 11) is 0. The molecule has 1 N–H and O–H groups in total. The number of Topliss-reactive ketones (excluding diaryl/α,β-unsaturated/α-hetero) is 1. The van der Waals surface area contributed by atoms with E-state index in [1.54, 1.807) is 24.3 Å². The van der Waals surface area contributed by atoms with Crippen LogP contribution in [0.2, 0.25) is 0 Å². The smallest absolute Gasteiger partial charge is 0.249 e. The molecule has 0 bridgehead atoms. The van der Waals surface area contributed by atoms with E-state index >= 15 is 0 Å². The van der Waals surface area contributed by atoms with Gasteiger partial charge in [-0.2, -0.15) is 0 Å². The maximum absolute atomic E-state index is 14.2. The standard InChI is InChI=1S/C30H31N5O4/c1-20-10-3-4-12-23(20)29(30(38)31-18-22-11-9-17-39-22)35(26-15-7-5-13-24(26)21(2)36)28(37)19-34-27-16-8-6-14-25(27)32-33-34/h3-8,10,12-16,22,29H,9,11,17-19H2,1-2H3,(H,31,38)/t22-,29+/m0/s1. The fourth-order valence-corrected chi connectivity index (χ4v) is 5.04. The van der Waals surface area contributed by atoms with Gasteiger partial charge < -0.3 is 10.1 Å². The summed E-state index contributed by atoms with van der Waals surface area (Å²) in [5, 5.41) is 11.4. The van der Waals surface area contributed by atoms with Crippen molar-refractivity contribution in [1.29, 1.82) is 0 Å². The van der Waals surface area contributed by atoms with Crippen molar-refractivity contribution in [2.45, 2.75) is 45.4 Å². The first kappa shape index (κ1) is 26.2. The molecule has 4 aromatic rings. The molecule has 39 heavy (non-hydrogen) atoms. The van der Waals surface area contributed by atoms with Gasteiger partial charge >= 0.3 is 0 Å². The number of para-hydroxylation sites is 2. The fraction of sp³-hybridized carbons (Fsp3) is 0.300. The minimum absolute atomic E-state index is 0.0679. The topological polar surface area (TPSA) is 106 Å². The average molecular weight is 526 g/mol. The van der Waals surface area contributed by atoms with Crippen molar-refractivity contribution in [3.63, 3.8) is 0 Å². The third-order valence-electron chi connectivity index (χ3n) is 7.03. The Morgan fingerprint density at radius 3 is 2.56 bits per heavy atom. The summed E-state index contributed by atoms with van der Waals surface area (Å²) in [4.78, 5) is 42.4. The number of amides is 2. The maximum Gasteiger partial charge on any atom is 0.249 e. The molecular formula is C30H31N5O4. The number of aromatic nitrogens is 3. The van der Waals surface area contributed by atoms with Crippen molar-refractivity contribution >= 4 is 34.3 Å². The van der Waals surface area contributed by atoms with Crippen molar-refractivity contribution in [2.24, 2.45) is 0 Å². The monoisotopic (exact) mass is 525 g/mol. The van der Waals surface area contributed by atoms with Gasteiger partial charge in [-0.25, -0.2) is 4.68 Å². The van der Waals surface area contributed by atoms with Crippen molar-refractivity contribution in [3.8, 4) is 0 Å². The number of rotatable bonds is 9. The van der Waals surface area contributed by atoms with Crippen LogP contribution < -0.4 is 10.2 Å². The van der Waals surface area contributed by atoms with Crippen LogP contribution in [0.4, 0.5) is 5.69 Å². The number of fused-ring (bicyclic) bond motifs is 1. The number of carbonyl (C=O) groups excluding carboxylic acids is 3. The molecule has 1 fully saturated rings. The number of ketones is 1. The van der Waals surface area contributed by atoms with E-state index < -0.39 is 11.9 Å². The summed E-state index contributed by atoms with van der Waals surface area (Å²) in [5.41, 5.74) is 3.57. The van der Waals surface area contributed by atoms with Gasteiger partial charge in [-0.1, -0.05) is 53.7 Å². The largest absolute Gasteiger partial charge is 0.376 e. The van der Waals surface area contributed by atoms with Gasteiger partial charge in [0.25, 0.3) is 0 Å². The minimum atomic E-state index is -1.03. The first-order chi connectivity index (χ1) is 18.9. The highest BCUT2D eigenvalue weighted by atomic mass is 16.5. The molecule has 1 saturated heterocycles. The second kappa shape index (κ2) is 11.6. The van der Waals surface area contributed by atoms with E-state index in [-0.39, 0.29) is 24.3 Å². The number of benzene rings is 3. The van der Waals surface area contributed by atoms with Gasteiger partial charge in [-0.05, 0) is 62.1 Å². The van der Waals surface area contributed by atoms with E-state index in [1.807, 2.05) is 55.5 Å². The lowest BCUT2D eigenvalue weighted by atomic mass is 9.96. The lowest BCUT2D eigenvalue weighted by Gasteiger charge is -2.33. The molecule has 0 saturated carbocycles. The van der Waals surface area contributed by atoms with Crippen LogP contribution in [0.3, 0.4) is 0 Å². The highest BCUT2D eigenvalue weighted by Gasteiger charge is 2.36. The predicted octanol–water partition coefficient (Wildman–Crippen LogP) is 4.01. The van der Waals surface area contributed by atoms with E-state index in [4.69, 9.17) is 4.74 Å². The molecule has 0 radical (unpaired) electrons. The number of nitrogens with zero attached hydrogens (tertiary/aromatic N) is 4. The number of anilines is 1. The zero-order valence-corrected chi connectivity index (χ0v) is 22.0. The lowest BCUT2D eigenvalue weighted by molar-refractivity contribution is -0.127. The van der Waals surface area contributed by atoms with Gasteiger partial charge in [0.15, 0.2) is 5.78 Å². The molecule has 0 spiro atoms. The normalized spacial score (nSPS) is 15.7. The van der Waals surface area contributed by atoms with Crippen LogP contribution in [0.1, 0.15) is 47.3 Å². The zero-order valence-electron chi connectivity index (χ0n) is 22.0. The van der Waals surface area contributed by atoms with Gasteiger partial charge in [0, 0.05) is 18.7 Å². The molecule has 200 valence electrons. The molecule has 2 heterocycles. The molecule has 2 amide bonds. The molecular weight excluding hydrogens is 494 g/mol. The van der Waals surface area contributed by atoms with Crippen LogP contribution in [0.5, 0.6) is 0 Å². The van der Waals surface area contributed by atoms with E-state index in [9.17, 15) is 14.4 Å². The first-order valence-electron chi connectivity index (χ1n) is 13.1. The van der Waals surface area contributed by atoms with Gasteiger partial charge in [0.1, 0.15) is 18.1 Å². The number of hydrogen-bond acceptors (Lipinski definition) is 6. The Kier molecular flexibility index (Phi) is 7.79. The van der Waals surface area contributed by atoms with Crippen molar-refractivity contribution in [2.75, 3.05) is 18.1 Å². The predicted molar refractivity (Wildman–Crippen MR) is 147 cm³/mol. The Labute approximate surface area is 226 Å². The average Bonchev–Trinajstić information content (AvgIpc) is 3.61. The summed E-state index contributed by atoms with van der Waals surface area (Å²) < 4.78 is 7.22. The molecule has 2 atom stereocenters. The molecule has 5 rings (SSSR count). The second-order valence-electron chi connectivity index (χ2n) is 9.71. The Morgan fingerprint density at radius 1 is 1.05 bits per heavy atom. The number of aryl methyl sites for hydroxylation is 1. The third-order valence-corrected chi connectivity index (χ3v) is 7.03. The zero-order chi connectivity index (χ0) is 27.4. The van der Waals surface area contributed by atoms with Gasteiger partial charge in [0.05, 0.1) is 17.3 Å². The lowest BCUT2D eigenvalue weighted by Crippen LogP contribution is -2.47. The van der Waals surface area contributed by atoms with Gasteiger partial charge in [-0.3, -0.25) is 19.3 Å². The van der Waals surface area contributed by atoms with E-state index in [2.05, 4.69) is 15.6 Å². The molecule has 0 aliphatic carbocycles. The second-order valence-corrected chi connectivity index (χ2v) is 9.71. The summed E-state index contributed by atoms with van der Waals surface area (Å²) in [6.07, 6.45) is 1.75. The summed E-state index contributed by atoms with van der Waals surface area (Å²) in [6.45, 7) is 4.19. The minimum Gasteiger partial charge on any atom is -0.376 e. The van der Waals surface area contributed by atoms with Gasteiger partial charge in [0.2, 0.25) is 11.8 Å². The van der Waals surface area contributed by atoms with Crippen LogP contribution in [-0.4, -0.2) is 51.8 Å². The molecule has 9 nitrogen and oxygen atoms in total. The number of hydrogen-bond donors (Lipinski definition) is 1. The van der Waals surface area contributed by atoms with Crippen LogP contribution in [0.15, 0.2) is 72.8 Å². The number of carbonyl (C=O) groups is 3. The quantitative estimate of drug-likeness (QED) is 0.331. The van der Waals surface area contributed by atoms with Crippen LogP contribution in [0, 0.1) is 6.92 Å². The van der Waals surface area contributed by atoms with Gasteiger partial charge in [-0.15, -0.1) is 5.10 Å². The van der Waals surface area contributed by atoms with Crippen LogP contribution >= 0.6 is 0 Å². The molecule has 1 aromatic heterocycles. The molecule has 3 aromatic carbocycles. The Morgan fingerprint density at radius 2 is 1.79 bits per heavy atom. The number of nitrogens with one attached hydrogen (secondary N) is 1. The Balaban J connectivity index is 1.60. The van der Waals surface area contributed by atoms with Crippen molar-refractivity contribution < 1.29 is 19.1 Å². The van der Waals surface area contributed by atoms with E-state index in [0.717, 1.165) is 18.4 Å². The summed E-state index contributed by atoms with van der Waals surface area (Å²) in [6, 6.07) is 20.7. The third kappa shape index (κ3) is 5.58.